The molecular formula is C34H38F2N4O5S. The monoisotopic (exact) mass is 652 g/mol. The fourth-order valence-electron chi connectivity index (χ4n) is 5.92. The summed E-state index contributed by atoms with van der Waals surface area (Å²) in [6.45, 7) is 6.61. The Balaban J connectivity index is 1.65. The average molecular weight is 653 g/mol. The SMILES string of the molecule is CNC(=O)c1c(-c2ccc(F)cc2)oc2cc(N(CCF)S(C)(=O)=O)c(-c3cccc(C(=O)N4CCN(CC(C)C)CC4)c3)cc12. The van der Waals surface area contributed by atoms with Gasteiger partial charge in [0.1, 0.15) is 23.8 Å². The van der Waals surface area contributed by atoms with Gasteiger partial charge < -0.3 is 14.6 Å². The van der Waals surface area contributed by atoms with Crippen molar-refractivity contribution in [3.05, 3.63) is 77.6 Å². The first-order chi connectivity index (χ1) is 21.9. The third kappa shape index (κ3) is 6.92. The van der Waals surface area contributed by atoms with E-state index in [0.717, 1.165) is 30.2 Å². The summed E-state index contributed by atoms with van der Waals surface area (Å²) in [4.78, 5) is 31.0. The number of sulfonamides is 1. The van der Waals surface area contributed by atoms with Crippen LogP contribution in [0.15, 0.2) is 65.1 Å². The number of alkyl halides is 1. The lowest BCUT2D eigenvalue weighted by Gasteiger charge is -2.35. The third-order valence-electron chi connectivity index (χ3n) is 8.03. The van der Waals surface area contributed by atoms with Gasteiger partial charge in [0, 0.05) is 67.9 Å². The molecular weight excluding hydrogens is 614 g/mol. The second-order valence-corrected chi connectivity index (χ2v) is 13.8. The standard InChI is InChI=1S/C34H38F2N4O5S/c1-22(2)21-38-14-16-39(17-15-38)34(42)25-7-5-6-24(18-25)27-19-28-30(20-29(27)40(13-12-35)46(4,43)44)45-32(31(28)33(41)37-3)23-8-10-26(36)11-9-23/h5-11,18-20,22H,12-17,21H2,1-4H3,(H,37,41). The summed E-state index contributed by atoms with van der Waals surface area (Å²) in [5, 5.41) is 2.98. The number of piperazine rings is 1. The van der Waals surface area contributed by atoms with E-state index in [0.29, 0.717) is 46.6 Å². The van der Waals surface area contributed by atoms with E-state index in [1.54, 1.807) is 35.2 Å². The number of rotatable bonds is 10. The maximum absolute atomic E-state index is 13.8. The average Bonchev–Trinajstić information content (AvgIpc) is 3.40. The first kappa shape index (κ1) is 33.1. The maximum atomic E-state index is 13.8. The quantitative estimate of drug-likeness (QED) is 0.246. The minimum absolute atomic E-state index is 0.127. The molecule has 0 atom stereocenters. The molecule has 1 aliphatic rings. The van der Waals surface area contributed by atoms with E-state index in [4.69, 9.17) is 4.42 Å². The van der Waals surface area contributed by atoms with Crippen LogP contribution in [0.2, 0.25) is 0 Å². The van der Waals surface area contributed by atoms with E-state index in [-0.39, 0.29) is 28.5 Å². The van der Waals surface area contributed by atoms with Crippen molar-refractivity contribution in [2.45, 2.75) is 13.8 Å². The zero-order valence-corrected chi connectivity index (χ0v) is 27.2. The van der Waals surface area contributed by atoms with Gasteiger partial charge in [0.15, 0.2) is 0 Å². The fourth-order valence-corrected chi connectivity index (χ4v) is 6.83. The van der Waals surface area contributed by atoms with Gasteiger partial charge in [-0.05, 0) is 53.9 Å². The molecule has 46 heavy (non-hydrogen) atoms. The van der Waals surface area contributed by atoms with Gasteiger partial charge in [-0.15, -0.1) is 0 Å². The smallest absolute Gasteiger partial charge is 0.255 e. The number of carbonyl (C=O) groups excluding carboxylic acids is 2. The molecule has 0 aliphatic carbocycles. The Morgan fingerprint density at radius 2 is 1.70 bits per heavy atom. The molecule has 0 radical (unpaired) electrons. The van der Waals surface area contributed by atoms with Gasteiger partial charge in [0.2, 0.25) is 10.0 Å². The van der Waals surface area contributed by atoms with E-state index in [1.807, 2.05) is 0 Å². The highest BCUT2D eigenvalue weighted by molar-refractivity contribution is 7.92. The summed E-state index contributed by atoms with van der Waals surface area (Å²) in [7, 11) is -2.50. The van der Waals surface area contributed by atoms with E-state index < -0.39 is 35.0 Å². The highest BCUT2D eigenvalue weighted by Gasteiger charge is 2.28. The number of hydrogen-bond acceptors (Lipinski definition) is 6. The molecule has 0 spiro atoms. The lowest BCUT2D eigenvalue weighted by molar-refractivity contribution is 0.0623. The van der Waals surface area contributed by atoms with Crippen LogP contribution < -0.4 is 9.62 Å². The molecule has 1 N–H and O–H groups in total. The molecule has 244 valence electrons. The van der Waals surface area contributed by atoms with Crippen molar-refractivity contribution in [3.63, 3.8) is 0 Å². The molecule has 2 amide bonds. The van der Waals surface area contributed by atoms with Crippen LogP contribution in [-0.4, -0.2) is 89.3 Å². The first-order valence-corrected chi connectivity index (χ1v) is 17.0. The number of amides is 2. The molecule has 2 heterocycles. The van der Waals surface area contributed by atoms with Crippen LogP contribution in [0, 0.1) is 11.7 Å². The lowest BCUT2D eigenvalue weighted by Crippen LogP contribution is -2.49. The maximum Gasteiger partial charge on any atom is 0.255 e. The summed E-state index contributed by atoms with van der Waals surface area (Å²) in [5.74, 6) is -0.395. The minimum atomic E-state index is -3.97. The molecule has 5 rings (SSSR count). The molecule has 12 heteroatoms. The second kappa shape index (κ2) is 13.6. The molecule has 1 aromatic heterocycles. The molecule has 9 nitrogen and oxygen atoms in total. The second-order valence-electron chi connectivity index (χ2n) is 11.8. The Labute approximate surface area is 267 Å². The van der Waals surface area contributed by atoms with Crippen molar-refractivity contribution in [1.29, 1.82) is 0 Å². The Morgan fingerprint density at radius 1 is 1.00 bits per heavy atom. The Hall–Kier alpha value is -4.29. The summed E-state index contributed by atoms with van der Waals surface area (Å²) in [6, 6.07) is 15.4. The van der Waals surface area contributed by atoms with Gasteiger partial charge in [-0.2, -0.15) is 0 Å². The number of halogens is 2. The molecule has 0 saturated carbocycles. The van der Waals surface area contributed by atoms with Gasteiger partial charge >= 0.3 is 0 Å². The highest BCUT2D eigenvalue weighted by Crippen LogP contribution is 2.42. The van der Waals surface area contributed by atoms with E-state index in [9.17, 15) is 26.8 Å². The predicted octanol–water partition coefficient (Wildman–Crippen LogP) is 5.41. The van der Waals surface area contributed by atoms with Gasteiger partial charge in [0.25, 0.3) is 11.8 Å². The first-order valence-electron chi connectivity index (χ1n) is 15.2. The Bertz CT molecular complexity index is 1850. The fraction of sp³-hybridized carbons (Fsp3) is 0.353. The number of hydrogen-bond donors (Lipinski definition) is 1. The van der Waals surface area contributed by atoms with Crippen LogP contribution in [0.3, 0.4) is 0 Å². The highest BCUT2D eigenvalue weighted by atomic mass is 32.2. The summed E-state index contributed by atoms with van der Waals surface area (Å²) in [5.41, 5.74) is 2.19. The van der Waals surface area contributed by atoms with Crippen LogP contribution in [0.4, 0.5) is 14.5 Å². The topological polar surface area (TPSA) is 103 Å². The third-order valence-corrected chi connectivity index (χ3v) is 9.21. The van der Waals surface area contributed by atoms with Crippen molar-refractivity contribution in [1.82, 2.24) is 15.1 Å². The molecule has 1 fully saturated rings. The lowest BCUT2D eigenvalue weighted by atomic mass is 9.97. The van der Waals surface area contributed by atoms with Crippen LogP contribution in [0.25, 0.3) is 33.4 Å². The van der Waals surface area contributed by atoms with E-state index in [2.05, 4.69) is 24.1 Å². The summed E-state index contributed by atoms with van der Waals surface area (Å²) >= 11 is 0. The molecule has 1 saturated heterocycles. The number of nitrogens with zero attached hydrogens (tertiary/aromatic N) is 3. The van der Waals surface area contributed by atoms with Crippen molar-refractivity contribution >= 4 is 38.5 Å². The van der Waals surface area contributed by atoms with Crippen molar-refractivity contribution in [3.8, 4) is 22.5 Å². The van der Waals surface area contributed by atoms with Crippen molar-refractivity contribution < 1.29 is 31.2 Å². The molecule has 0 unspecified atom stereocenters. The van der Waals surface area contributed by atoms with Crippen LogP contribution in [-0.2, 0) is 10.0 Å². The number of carbonyl (C=O) groups is 2. The molecule has 3 aromatic carbocycles. The largest absolute Gasteiger partial charge is 0.455 e. The van der Waals surface area contributed by atoms with Crippen LogP contribution in [0.5, 0.6) is 0 Å². The number of furan rings is 1. The number of benzene rings is 3. The summed E-state index contributed by atoms with van der Waals surface area (Å²) < 4.78 is 60.5. The van der Waals surface area contributed by atoms with E-state index >= 15 is 0 Å². The normalized spacial score (nSPS) is 14.2. The van der Waals surface area contributed by atoms with Gasteiger partial charge in [-0.25, -0.2) is 17.2 Å². The summed E-state index contributed by atoms with van der Waals surface area (Å²) in [6.07, 6.45) is 0.984. The number of nitrogens with one attached hydrogen (secondary N) is 1. The van der Waals surface area contributed by atoms with E-state index in [1.165, 1.54) is 37.4 Å². The number of fused-ring (bicyclic) bond motifs is 1. The van der Waals surface area contributed by atoms with Gasteiger partial charge in [-0.1, -0.05) is 26.0 Å². The zero-order chi connectivity index (χ0) is 33.2. The zero-order valence-electron chi connectivity index (χ0n) is 26.3. The Kier molecular flexibility index (Phi) is 9.78. The number of anilines is 1. The van der Waals surface area contributed by atoms with Crippen LogP contribution in [0.1, 0.15) is 34.6 Å². The molecule has 0 bridgehead atoms. The predicted molar refractivity (Wildman–Crippen MR) is 176 cm³/mol. The van der Waals surface area contributed by atoms with Crippen molar-refractivity contribution in [2.24, 2.45) is 5.92 Å². The minimum Gasteiger partial charge on any atom is -0.455 e. The van der Waals surface area contributed by atoms with Gasteiger partial charge in [0.05, 0.1) is 24.1 Å². The van der Waals surface area contributed by atoms with Gasteiger partial charge in [-0.3, -0.25) is 18.8 Å². The van der Waals surface area contributed by atoms with Crippen LogP contribution >= 0.6 is 0 Å². The Morgan fingerprint density at radius 3 is 2.30 bits per heavy atom. The van der Waals surface area contributed by atoms with Crippen molar-refractivity contribution in [2.75, 3.05) is 63.6 Å². The molecule has 4 aromatic rings. The molecule has 1 aliphatic heterocycles.